The van der Waals surface area contributed by atoms with Crippen LogP contribution < -0.4 is 15.4 Å². The van der Waals surface area contributed by atoms with Crippen molar-refractivity contribution in [3.8, 4) is 5.75 Å². The van der Waals surface area contributed by atoms with E-state index in [1.54, 1.807) is 7.11 Å². The van der Waals surface area contributed by atoms with E-state index in [0.29, 0.717) is 0 Å². The Labute approximate surface area is 95.7 Å². The molecule has 16 heavy (non-hydrogen) atoms. The minimum absolute atomic E-state index is 0.732. The van der Waals surface area contributed by atoms with Crippen LogP contribution in [0.5, 0.6) is 5.75 Å². The first-order valence-electron chi connectivity index (χ1n) is 5.54. The van der Waals surface area contributed by atoms with Crippen molar-refractivity contribution < 1.29 is 4.74 Å². The largest absolute Gasteiger partial charge is 0.496 e. The molecule has 0 radical (unpaired) electrons. The fraction of sp³-hybridized carbons (Fsp3) is 0.417. The zero-order valence-electron chi connectivity index (χ0n) is 9.49. The van der Waals surface area contributed by atoms with Crippen LogP contribution in [0.1, 0.15) is 12.0 Å². The van der Waals surface area contributed by atoms with Gasteiger partial charge in [-0.1, -0.05) is 18.2 Å². The van der Waals surface area contributed by atoms with E-state index >= 15 is 0 Å². The number of nitrogens with one attached hydrogen (secondary N) is 2. The predicted octanol–water partition coefficient (Wildman–Crippen LogP) is 1.13. The number of methoxy groups -OCH3 is 1. The summed E-state index contributed by atoms with van der Waals surface area (Å²) in [5.74, 6) is 1.79. The summed E-state index contributed by atoms with van der Waals surface area (Å²) < 4.78 is 5.28. The molecule has 1 aliphatic heterocycles. The molecule has 86 valence electrons. The van der Waals surface area contributed by atoms with E-state index in [1.165, 1.54) is 0 Å². The maximum absolute atomic E-state index is 5.28. The summed E-state index contributed by atoms with van der Waals surface area (Å²) in [6.45, 7) is 2.63. The Morgan fingerprint density at radius 1 is 1.44 bits per heavy atom. The summed E-state index contributed by atoms with van der Waals surface area (Å²) in [6, 6.07) is 8.00. The molecule has 0 aliphatic carbocycles. The SMILES string of the molecule is COc1ccccc1CNC1=NCCCN1. The molecule has 1 heterocycles. The van der Waals surface area contributed by atoms with Crippen LogP contribution in [0.2, 0.25) is 0 Å². The highest BCUT2D eigenvalue weighted by atomic mass is 16.5. The topological polar surface area (TPSA) is 45.6 Å². The van der Waals surface area contributed by atoms with E-state index in [1.807, 2.05) is 18.2 Å². The van der Waals surface area contributed by atoms with E-state index < -0.39 is 0 Å². The van der Waals surface area contributed by atoms with Gasteiger partial charge in [0.1, 0.15) is 5.75 Å². The Morgan fingerprint density at radius 2 is 2.31 bits per heavy atom. The Morgan fingerprint density at radius 3 is 3.06 bits per heavy atom. The lowest BCUT2D eigenvalue weighted by molar-refractivity contribution is 0.409. The zero-order valence-corrected chi connectivity index (χ0v) is 9.49. The third-order valence-electron chi connectivity index (χ3n) is 2.54. The molecule has 2 N–H and O–H groups in total. The van der Waals surface area contributed by atoms with Gasteiger partial charge in [-0.15, -0.1) is 0 Å². The first-order valence-corrected chi connectivity index (χ1v) is 5.54. The van der Waals surface area contributed by atoms with Gasteiger partial charge in [0, 0.05) is 25.2 Å². The number of rotatable bonds is 3. The maximum Gasteiger partial charge on any atom is 0.191 e. The van der Waals surface area contributed by atoms with E-state index in [0.717, 1.165) is 43.3 Å². The smallest absolute Gasteiger partial charge is 0.191 e. The molecule has 4 nitrogen and oxygen atoms in total. The highest BCUT2D eigenvalue weighted by molar-refractivity contribution is 5.80. The van der Waals surface area contributed by atoms with Gasteiger partial charge in [0.2, 0.25) is 0 Å². The molecule has 0 saturated heterocycles. The third-order valence-corrected chi connectivity index (χ3v) is 2.54. The van der Waals surface area contributed by atoms with Crippen LogP contribution in [-0.4, -0.2) is 26.2 Å². The van der Waals surface area contributed by atoms with Gasteiger partial charge < -0.3 is 15.4 Å². The van der Waals surface area contributed by atoms with Crippen LogP contribution in [0.25, 0.3) is 0 Å². The molecule has 4 heteroatoms. The van der Waals surface area contributed by atoms with Crippen molar-refractivity contribution in [2.24, 2.45) is 4.99 Å². The van der Waals surface area contributed by atoms with Crippen LogP contribution in [-0.2, 0) is 6.54 Å². The normalized spacial score (nSPS) is 14.9. The molecule has 1 aromatic rings. The van der Waals surface area contributed by atoms with Gasteiger partial charge in [-0.05, 0) is 12.5 Å². The lowest BCUT2D eigenvalue weighted by Crippen LogP contribution is -2.40. The van der Waals surface area contributed by atoms with Crippen LogP contribution >= 0.6 is 0 Å². The highest BCUT2D eigenvalue weighted by Crippen LogP contribution is 2.16. The second-order valence-electron chi connectivity index (χ2n) is 3.68. The number of nitrogens with zero attached hydrogens (tertiary/aromatic N) is 1. The van der Waals surface area contributed by atoms with Crippen molar-refractivity contribution in [3.63, 3.8) is 0 Å². The van der Waals surface area contributed by atoms with Crippen LogP contribution in [0.15, 0.2) is 29.3 Å². The van der Waals surface area contributed by atoms with Crippen LogP contribution in [0.4, 0.5) is 0 Å². The molecule has 0 saturated carbocycles. The molecule has 0 unspecified atom stereocenters. The third kappa shape index (κ3) is 2.66. The van der Waals surface area contributed by atoms with Crippen LogP contribution in [0, 0.1) is 0 Å². The molecular weight excluding hydrogens is 202 g/mol. The molecule has 1 aromatic carbocycles. The minimum atomic E-state index is 0.732. The van der Waals surface area contributed by atoms with Gasteiger partial charge >= 0.3 is 0 Å². The summed E-state index contributed by atoms with van der Waals surface area (Å²) in [7, 11) is 1.69. The van der Waals surface area contributed by atoms with Crippen LogP contribution in [0.3, 0.4) is 0 Å². The number of hydrogen-bond donors (Lipinski definition) is 2. The maximum atomic E-state index is 5.28. The van der Waals surface area contributed by atoms with Crippen molar-refractivity contribution >= 4 is 5.96 Å². The lowest BCUT2D eigenvalue weighted by Gasteiger charge is -2.16. The molecule has 2 rings (SSSR count). The summed E-state index contributed by atoms with van der Waals surface area (Å²) in [4.78, 5) is 4.35. The molecule has 0 amide bonds. The van der Waals surface area contributed by atoms with E-state index in [2.05, 4.69) is 21.7 Å². The van der Waals surface area contributed by atoms with Crippen molar-refractivity contribution in [1.82, 2.24) is 10.6 Å². The van der Waals surface area contributed by atoms with Crippen molar-refractivity contribution in [2.75, 3.05) is 20.2 Å². The minimum Gasteiger partial charge on any atom is -0.496 e. The highest BCUT2D eigenvalue weighted by Gasteiger charge is 2.05. The van der Waals surface area contributed by atoms with E-state index in [-0.39, 0.29) is 0 Å². The number of hydrogen-bond acceptors (Lipinski definition) is 4. The standard InChI is InChI=1S/C12H17N3O/c1-16-11-6-3-2-5-10(11)9-15-12-13-7-4-8-14-12/h2-3,5-6H,4,7-9H2,1H3,(H2,13,14,15). The van der Waals surface area contributed by atoms with Crippen molar-refractivity contribution in [2.45, 2.75) is 13.0 Å². The molecule has 0 aromatic heterocycles. The van der Waals surface area contributed by atoms with Gasteiger partial charge in [-0.25, -0.2) is 0 Å². The quantitative estimate of drug-likeness (QED) is 0.801. The fourth-order valence-electron chi connectivity index (χ4n) is 1.68. The molecule has 0 fully saturated rings. The second kappa shape index (κ2) is 5.39. The summed E-state index contributed by atoms with van der Waals surface area (Å²) in [5, 5.41) is 6.50. The molecule has 1 aliphatic rings. The number of para-hydroxylation sites is 1. The molecular formula is C12H17N3O. The van der Waals surface area contributed by atoms with Crippen molar-refractivity contribution in [3.05, 3.63) is 29.8 Å². The van der Waals surface area contributed by atoms with Gasteiger partial charge in [-0.2, -0.15) is 0 Å². The van der Waals surface area contributed by atoms with Crippen molar-refractivity contribution in [1.29, 1.82) is 0 Å². The monoisotopic (exact) mass is 219 g/mol. The van der Waals surface area contributed by atoms with E-state index in [4.69, 9.17) is 4.74 Å². The molecule has 0 atom stereocenters. The Balaban J connectivity index is 1.96. The molecule has 0 spiro atoms. The first-order chi connectivity index (χ1) is 7.90. The average molecular weight is 219 g/mol. The van der Waals surface area contributed by atoms with Gasteiger partial charge in [-0.3, -0.25) is 4.99 Å². The number of aliphatic imine (C=N–C) groups is 1. The first kappa shape index (κ1) is 10.8. The molecule has 0 bridgehead atoms. The Kier molecular flexibility index (Phi) is 3.64. The number of benzene rings is 1. The Hall–Kier alpha value is -1.71. The Bertz CT molecular complexity index is 376. The summed E-state index contributed by atoms with van der Waals surface area (Å²) in [5.41, 5.74) is 1.14. The second-order valence-corrected chi connectivity index (χ2v) is 3.68. The fourth-order valence-corrected chi connectivity index (χ4v) is 1.68. The predicted molar refractivity (Wildman–Crippen MR) is 64.8 cm³/mol. The zero-order chi connectivity index (χ0) is 11.2. The summed E-state index contributed by atoms with van der Waals surface area (Å²) in [6.07, 6.45) is 1.11. The number of ether oxygens (including phenoxy) is 1. The summed E-state index contributed by atoms with van der Waals surface area (Å²) >= 11 is 0. The number of guanidine groups is 1. The van der Waals surface area contributed by atoms with E-state index in [9.17, 15) is 0 Å². The van der Waals surface area contributed by atoms with Gasteiger partial charge in [0.25, 0.3) is 0 Å². The average Bonchev–Trinajstić information content (AvgIpc) is 2.38. The van der Waals surface area contributed by atoms with Gasteiger partial charge in [0.05, 0.1) is 7.11 Å². The van der Waals surface area contributed by atoms with Gasteiger partial charge in [0.15, 0.2) is 5.96 Å². The lowest BCUT2D eigenvalue weighted by atomic mass is 10.2.